The van der Waals surface area contributed by atoms with E-state index in [2.05, 4.69) is 16.7 Å². The maximum absolute atomic E-state index is 11.2. The number of hydrogen-bond acceptors (Lipinski definition) is 3. The smallest absolute Gasteiger partial charge is 0.337 e. The second-order valence-corrected chi connectivity index (χ2v) is 4.33. The minimum Gasteiger partial charge on any atom is -0.465 e. The maximum Gasteiger partial charge on any atom is 0.337 e. The average molecular weight is 219 g/mol. The van der Waals surface area contributed by atoms with Crippen LogP contribution in [0, 0.1) is 0 Å². The molecule has 2 rings (SSSR count). The highest BCUT2D eigenvalue weighted by molar-refractivity contribution is 5.89. The first-order chi connectivity index (χ1) is 7.70. The van der Waals surface area contributed by atoms with Gasteiger partial charge in [-0.05, 0) is 37.6 Å². The minimum absolute atomic E-state index is 0.276. The number of rotatable bonds is 4. The molecule has 1 saturated carbocycles. The van der Waals surface area contributed by atoms with E-state index < -0.39 is 0 Å². The van der Waals surface area contributed by atoms with E-state index in [1.807, 2.05) is 24.3 Å². The number of methoxy groups -OCH3 is 1. The predicted molar refractivity (Wildman–Crippen MR) is 62.3 cm³/mol. The number of hydrogen-bond donors (Lipinski definition) is 0. The molecule has 16 heavy (non-hydrogen) atoms. The summed E-state index contributed by atoms with van der Waals surface area (Å²) in [7, 11) is 3.54. The van der Waals surface area contributed by atoms with E-state index in [9.17, 15) is 4.79 Å². The van der Waals surface area contributed by atoms with Crippen LogP contribution in [0.5, 0.6) is 0 Å². The van der Waals surface area contributed by atoms with E-state index in [1.54, 1.807) is 0 Å². The molecule has 0 radical (unpaired) electrons. The number of nitrogens with zero attached hydrogens (tertiary/aromatic N) is 1. The van der Waals surface area contributed by atoms with Crippen LogP contribution >= 0.6 is 0 Å². The number of esters is 1. The molecule has 0 heterocycles. The maximum atomic E-state index is 11.2. The van der Waals surface area contributed by atoms with E-state index in [4.69, 9.17) is 0 Å². The summed E-state index contributed by atoms with van der Waals surface area (Å²) in [5.41, 5.74) is 1.85. The summed E-state index contributed by atoms with van der Waals surface area (Å²) in [5.74, 6) is -0.276. The van der Waals surface area contributed by atoms with Gasteiger partial charge in [-0.25, -0.2) is 4.79 Å². The summed E-state index contributed by atoms with van der Waals surface area (Å²) in [6, 6.07) is 8.39. The lowest BCUT2D eigenvalue weighted by Crippen LogP contribution is -2.19. The fourth-order valence-corrected chi connectivity index (χ4v) is 1.80. The molecule has 0 saturated heterocycles. The van der Waals surface area contributed by atoms with Gasteiger partial charge in [0.1, 0.15) is 0 Å². The monoisotopic (exact) mass is 219 g/mol. The Morgan fingerprint density at radius 3 is 2.50 bits per heavy atom. The number of carbonyl (C=O) groups is 1. The fraction of sp³-hybridized carbons (Fsp3) is 0.462. The molecule has 0 N–H and O–H groups in total. The van der Waals surface area contributed by atoms with Gasteiger partial charge in [0.15, 0.2) is 0 Å². The molecule has 0 amide bonds. The van der Waals surface area contributed by atoms with Crippen molar-refractivity contribution in [2.75, 3.05) is 14.2 Å². The molecular weight excluding hydrogens is 202 g/mol. The number of benzene rings is 1. The van der Waals surface area contributed by atoms with Crippen LogP contribution in [-0.4, -0.2) is 31.1 Å². The van der Waals surface area contributed by atoms with Gasteiger partial charge in [0.2, 0.25) is 0 Å². The standard InChI is InChI=1S/C13H17NO2/c1-14(12-7-8-12)9-10-3-5-11(6-4-10)13(15)16-2/h3-6,12H,7-9H2,1-2H3. The van der Waals surface area contributed by atoms with Gasteiger partial charge < -0.3 is 4.74 Å². The number of ether oxygens (including phenoxy) is 1. The molecule has 0 aliphatic heterocycles. The van der Waals surface area contributed by atoms with Gasteiger partial charge in [0.05, 0.1) is 12.7 Å². The predicted octanol–water partition coefficient (Wildman–Crippen LogP) is 2.07. The first kappa shape index (κ1) is 11.1. The molecule has 0 bridgehead atoms. The van der Waals surface area contributed by atoms with Crippen LogP contribution in [0.4, 0.5) is 0 Å². The zero-order chi connectivity index (χ0) is 11.5. The van der Waals surface area contributed by atoms with Crippen molar-refractivity contribution in [2.45, 2.75) is 25.4 Å². The van der Waals surface area contributed by atoms with Crippen LogP contribution in [0.3, 0.4) is 0 Å². The second-order valence-electron chi connectivity index (χ2n) is 4.33. The summed E-state index contributed by atoms with van der Waals surface area (Å²) in [6.45, 7) is 0.951. The van der Waals surface area contributed by atoms with Crippen molar-refractivity contribution in [1.29, 1.82) is 0 Å². The molecule has 0 aromatic heterocycles. The Morgan fingerprint density at radius 1 is 1.38 bits per heavy atom. The van der Waals surface area contributed by atoms with Crippen LogP contribution < -0.4 is 0 Å². The first-order valence-electron chi connectivity index (χ1n) is 5.58. The molecule has 3 heteroatoms. The fourth-order valence-electron chi connectivity index (χ4n) is 1.80. The van der Waals surface area contributed by atoms with Gasteiger partial charge >= 0.3 is 5.97 Å². The van der Waals surface area contributed by atoms with Crippen molar-refractivity contribution in [1.82, 2.24) is 4.90 Å². The normalized spacial score (nSPS) is 15.2. The Bertz CT molecular complexity index is 368. The number of carbonyl (C=O) groups excluding carboxylic acids is 1. The highest BCUT2D eigenvalue weighted by atomic mass is 16.5. The van der Waals surface area contributed by atoms with Gasteiger partial charge in [-0.15, -0.1) is 0 Å². The van der Waals surface area contributed by atoms with Crippen molar-refractivity contribution < 1.29 is 9.53 Å². The quantitative estimate of drug-likeness (QED) is 0.726. The lowest BCUT2D eigenvalue weighted by atomic mass is 10.1. The highest BCUT2D eigenvalue weighted by Crippen LogP contribution is 2.26. The van der Waals surface area contributed by atoms with Gasteiger partial charge in [0, 0.05) is 12.6 Å². The topological polar surface area (TPSA) is 29.5 Å². The summed E-state index contributed by atoms with van der Waals surface area (Å²) in [5, 5.41) is 0. The Hall–Kier alpha value is -1.35. The van der Waals surface area contributed by atoms with Crippen LogP contribution in [0.15, 0.2) is 24.3 Å². The summed E-state index contributed by atoms with van der Waals surface area (Å²) in [6.07, 6.45) is 2.63. The molecule has 3 nitrogen and oxygen atoms in total. The molecular formula is C13H17NO2. The van der Waals surface area contributed by atoms with Crippen molar-refractivity contribution in [3.8, 4) is 0 Å². The van der Waals surface area contributed by atoms with E-state index in [1.165, 1.54) is 25.5 Å². The third kappa shape index (κ3) is 2.61. The first-order valence-corrected chi connectivity index (χ1v) is 5.58. The van der Waals surface area contributed by atoms with Gasteiger partial charge in [0.25, 0.3) is 0 Å². The molecule has 0 spiro atoms. The average Bonchev–Trinajstić information content (AvgIpc) is 3.13. The molecule has 1 fully saturated rings. The third-order valence-corrected chi connectivity index (χ3v) is 2.98. The van der Waals surface area contributed by atoms with Gasteiger partial charge in [-0.1, -0.05) is 12.1 Å². The van der Waals surface area contributed by atoms with Crippen LogP contribution in [-0.2, 0) is 11.3 Å². The third-order valence-electron chi connectivity index (χ3n) is 2.98. The van der Waals surface area contributed by atoms with Crippen LogP contribution in [0.25, 0.3) is 0 Å². The summed E-state index contributed by atoms with van der Waals surface area (Å²) < 4.78 is 4.66. The van der Waals surface area contributed by atoms with Crippen molar-refractivity contribution in [3.63, 3.8) is 0 Å². The Morgan fingerprint density at radius 2 is 2.00 bits per heavy atom. The van der Waals surface area contributed by atoms with Gasteiger partial charge in [-0.3, -0.25) is 4.90 Å². The Kier molecular flexibility index (Phi) is 3.25. The van der Waals surface area contributed by atoms with E-state index in [-0.39, 0.29) is 5.97 Å². The second kappa shape index (κ2) is 4.66. The molecule has 1 aliphatic carbocycles. The van der Waals surface area contributed by atoms with Crippen molar-refractivity contribution in [3.05, 3.63) is 35.4 Å². The molecule has 1 aromatic carbocycles. The molecule has 86 valence electrons. The lowest BCUT2D eigenvalue weighted by Gasteiger charge is -2.15. The molecule has 1 aromatic rings. The van der Waals surface area contributed by atoms with E-state index in [0.717, 1.165) is 12.6 Å². The van der Waals surface area contributed by atoms with Crippen molar-refractivity contribution >= 4 is 5.97 Å². The van der Waals surface area contributed by atoms with Gasteiger partial charge in [-0.2, -0.15) is 0 Å². The SMILES string of the molecule is COC(=O)c1ccc(CN(C)C2CC2)cc1. The molecule has 0 atom stereocenters. The largest absolute Gasteiger partial charge is 0.465 e. The lowest BCUT2D eigenvalue weighted by molar-refractivity contribution is 0.0600. The Labute approximate surface area is 96.0 Å². The van der Waals surface area contributed by atoms with Crippen molar-refractivity contribution in [2.24, 2.45) is 0 Å². The van der Waals surface area contributed by atoms with Crippen LogP contribution in [0.1, 0.15) is 28.8 Å². The molecule has 1 aliphatic rings. The van der Waals surface area contributed by atoms with E-state index >= 15 is 0 Å². The molecule has 0 unspecified atom stereocenters. The zero-order valence-corrected chi connectivity index (χ0v) is 9.77. The summed E-state index contributed by atoms with van der Waals surface area (Å²) >= 11 is 0. The Balaban J connectivity index is 1.98. The summed E-state index contributed by atoms with van der Waals surface area (Å²) in [4.78, 5) is 13.6. The highest BCUT2D eigenvalue weighted by Gasteiger charge is 2.25. The van der Waals surface area contributed by atoms with E-state index in [0.29, 0.717) is 5.56 Å². The van der Waals surface area contributed by atoms with Crippen LogP contribution in [0.2, 0.25) is 0 Å². The minimum atomic E-state index is -0.276. The zero-order valence-electron chi connectivity index (χ0n) is 9.77.